The standard InChI is InChI=1S/C9H15NO7P2.Na/c1-6(7-2-4-8(10)5-3-7)9(11,18(12,13)14)19(15,16)17;/h2-6,11H,10H2,1H3,(H2,12,13,14)(H2,15,16,17);/q;+1/p-1. The molecule has 0 heterocycles. The Labute approximate surface area is 137 Å². The fourth-order valence-corrected chi connectivity index (χ4v) is 4.28. The van der Waals surface area contributed by atoms with Gasteiger partial charge in [-0.25, -0.2) is 0 Å². The number of anilines is 1. The molecule has 1 rings (SSSR count). The van der Waals surface area contributed by atoms with E-state index in [4.69, 9.17) is 20.4 Å². The van der Waals surface area contributed by atoms with Crippen LogP contribution in [-0.4, -0.2) is 24.9 Å². The first kappa shape index (κ1) is 20.3. The third-order valence-electron chi connectivity index (χ3n) is 2.86. The van der Waals surface area contributed by atoms with Crippen LogP contribution in [0.2, 0.25) is 0 Å². The van der Waals surface area contributed by atoms with Crippen molar-refractivity contribution in [3.05, 3.63) is 29.8 Å². The molecule has 0 aliphatic carbocycles. The molecule has 0 radical (unpaired) electrons. The van der Waals surface area contributed by atoms with Gasteiger partial charge in [-0.05, 0) is 17.7 Å². The van der Waals surface area contributed by atoms with E-state index in [1.54, 1.807) is 0 Å². The minimum Gasteiger partial charge on any atom is -0.776 e. The van der Waals surface area contributed by atoms with Crippen molar-refractivity contribution in [2.45, 2.75) is 17.9 Å². The molecule has 6 N–H and O–H groups in total. The summed E-state index contributed by atoms with van der Waals surface area (Å²) in [5, 5.41) is 6.27. The molecule has 0 fully saturated rings. The molecule has 0 aromatic heterocycles. The molecular formula is C9H14NNaO7P2. The van der Waals surface area contributed by atoms with Crippen LogP contribution in [0.15, 0.2) is 24.3 Å². The zero-order valence-electron chi connectivity index (χ0n) is 10.9. The second kappa shape index (κ2) is 6.58. The summed E-state index contributed by atoms with van der Waals surface area (Å²) in [4.78, 5) is 38.3. The average Bonchev–Trinajstić information content (AvgIpc) is 2.25. The number of nitrogens with two attached hydrogens (primary N) is 1. The molecular weight excluding hydrogens is 319 g/mol. The number of nitrogen functional groups attached to an aromatic ring is 1. The Morgan fingerprint density at radius 3 is 1.90 bits per heavy atom. The molecule has 8 nitrogen and oxygen atoms in total. The summed E-state index contributed by atoms with van der Waals surface area (Å²) in [7, 11) is -11.3. The molecule has 108 valence electrons. The normalized spacial score (nSPS) is 19.3. The number of hydrogen-bond acceptors (Lipinski definition) is 5. The van der Waals surface area contributed by atoms with Crippen LogP contribution in [0.5, 0.6) is 0 Å². The minimum atomic E-state index is -5.73. The molecule has 0 amide bonds. The summed E-state index contributed by atoms with van der Waals surface area (Å²) >= 11 is 0. The van der Waals surface area contributed by atoms with Gasteiger partial charge in [0.25, 0.3) is 0 Å². The smallest absolute Gasteiger partial charge is 0.776 e. The molecule has 3 atom stereocenters. The van der Waals surface area contributed by atoms with Crippen LogP contribution in [0.3, 0.4) is 0 Å². The molecule has 1 aromatic rings. The topological polar surface area (TPSA) is 164 Å². The van der Waals surface area contributed by atoms with Crippen molar-refractivity contribution in [3.63, 3.8) is 0 Å². The van der Waals surface area contributed by atoms with E-state index in [-0.39, 0.29) is 35.1 Å². The van der Waals surface area contributed by atoms with E-state index in [9.17, 15) is 19.1 Å². The Balaban J connectivity index is 0.00000361. The Morgan fingerprint density at radius 2 is 1.60 bits per heavy atom. The van der Waals surface area contributed by atoms with Gasteiger partial charge in [0.2, 0.25) is 5.08 Å². The van der Waals surface area contributed by atoms with E-state index in [0.717, 1.165) is 6.92 Å². The van der Waals surface area contributed by atoms with Crippen molar-refractivity contribution in [2.24, 2.45) is 0 Å². The molecule has 11 heteroatoms. The fraction of sp³-hybridized carbons (Fsp3) is 0.333. The Kier molecular flexibility index (Phi) is 6.68. The second-order valence-corrected chi connectivity index (χ2v) is 7.99. The summed E-state index contributed by atoms with van der Waals surface area (Å²) in [6.07, 6.45) is 0. The zero-order valence-corrected chi connectivity index (χ0v) is 14.7. The van der Waals surface area contributed by atoms with Gasteiger partial charge < -0.3 is 35.0 Å². The van der Waals surface area contributed by atoms with E-state index >= 15 is 0 Å². The molecule has 0 saturated carbocycles. The maximum atomic E-state index is 11.3. The zero-order chi connectivity index (χ0) is 15.1. The monoisotopic (exact) mass is 333 g/mol. The van der Waals surface area contributed by atoms with Crippen LogP contribution in [-0.2, 0) is 9.13 Å². The van der Waals surface area contributed by atoms with Gasteiger partial charge in [0.1, 0.15) is 0 Å². The summed E-state index contributed by atoms with van der Waals surface area (Å²) in [6.45, 7) is 1.07. The van der Waals surface area contributed by atoms with Crippen LogP contribution in [0.1, 0.15) is 18.4 Å². The first-order valence-corrected chi connectivity index (χ1v) is 8.27. The van der Waals surface area contributed by atoms with Gasteiger partial charge in [-0.3, -0.25) is 4.57 Å². The quantitative estimate of drug-likeness (QED) is 0.218. The number of hydrogen-bond donors (Lipinski definition) is 5. The van der Waals surface area contributed by atoms with Crippen molar-refractivity contribution in [1.82, 2.24) is 0 Å². The summed E-state index contributed by atoms with van der Waals surface area (Å²) in [5.74, 6) is -1.55. The molecule has 0 saturated heterocycles. The van der Waals surface area contributed by atoms with Crippen molar-refractivity contribution < 1.29 is 63.4 Å². The predicted octanol–water partition coefficient (Wildman–Crippen LogP) is -3.25. The van der Waals surface area contributed by atoms with Crippen molar-refractivity contribution >= 4 is 20.9 Å². The van der Waals surface area contributed by atoms with E-state index < -0.39 is 26.2 Å². The minimum absolute atomic E-state index is 0. The molecule has 0 spiro atoms. The van der Waals surface area contributed by atoms with E-state index in [2.05, 4.69) is 0 Å². The van der Waals surface area contributed by atoms with Crippen molar-refractivity contribution in [1.29, 1.82) is 0 Å². The number of rotatable bonds is 4. The second-order valence-electron chi connectivity index (χ2n) is 4.14. The van der Waals surface area contributed by atoms with Gasteiger partial charge in [-0.15, -0.1) is 0 Å². The average molecular weight is 333 g/mol. The molecule has 1 aromatic carbocycles. The number of benzene rings is 1. The van der Waals surface area contributed by atoms with Crippen molar-refractivity contribution in [3.8, 4) is 0 Å². The summed E-state index contributed by atoms with van der Waals surface area (Å²) in [5.41, 5.74) is 5.88. The third-order valence-corrected chi connectivity index (χ3v) is 6.87. The molecule has 20 heavy (non-hydrogen) atoms. The molecule has 0 aliphatic rings. The first-order chi connectivity index (χ1) is 8.41. The summed E-state index contributed by atoms with van der Waals surface area (Å²) in [6, 6.07) is 5.35. The Bertz CT molecular complexity index is 530. The largest absolute Gasteiger partial charge is 1.00 e. The van der Waals surface area contributed by atoms with Gasteiger partial charge in [0, 0.05) is 11.6 Å². The van der Waals surface area contributed by atoms with Gasteiger partial charge >= 0.3 is 37.2 Å². The van der Waals surface area contributed by atoms with Crippen LogP contribution in [0.25, 0.3) is 0 Å². The van der Waals surface area contributed by atoms with Crippen LogP contribution < -0.4 is 40.2 Å². The van der Waals surface area contributed by atoms with E-state index in [0.29, 0.717) is 5.69 Å². The third kappa shape index (κ3) is 3.72. The number of aliphatic hydroxyl groups is 1. The Morgan fingerprint density at radius 1 is 1.20 bits per heavy atom. The molecule has 3 unspecified atom stereocenters. The predicted molar refractivity (Wildman–Crippen MR) is 66.1 cm³/mol. The first-order valence-electron chi connectivity index (χ1n) is 5.08. The van der Waals surface area contributed by atoms with Gasteiger partial charge in [0.15, 0.2) is 7.60 Å². The maximum absolute atomic E-state index is 11.3. The fourth-order valence-electron chi connectivity index (χ4n) is 1.67. The summed E-state index contributed by atoms with van der Waals surface area (Å²) < 4.78 is 22.5. The van der Waals surface area contributed by atoms with Gasteiger partial charge in [-0.2, -0.15) is 0 Å². The molecule has 0 bridgehead atoms. The van der Waals surface area contributed by atoms with Gasteiger partial charge in [0.05, 0.1) is 0 Å². The van der Waals surface area contributed by atoms with E-state index in [1.807, 2.05) is 0 Å². The van der Waals surface area contributed by atoms with Crippen molar-refractivity contribution in [2.75, 3.05) is 5.73 Å². The SMILES string of the molecule is CC(c1ccc(N)cc1)C(O)(P(=O)([O-])O)P(=O)(O)O.[Na+]. The van der Waals surface area contributed by atoms with E-state index in [1.165, 1.54) is 24.3 Å². The van der Waals surface area contributed by atoms with Crippen LogP contribution >= 0.6 is 15.2 Å². The van der Waals surface area contributed by atoms with Gasteiger partial charge in [-0.1, -0.05) is 19.1 Å². The van der Waals surface area contributed by atoms with Crippen LogP contribution in [0, 0.1) is 0 Å². The van der Waals surface area contributed by atoms with Crippen LogP contribution in [0.4, 0.5) is 5.69 Å². The molecule has 0 aliphatic heterocycles. The Hall–Kier alpha value is 0.280. The maximum Gasteiger partial charge on any atom is 1.00 e.